The number of anilines is 1. The zero-order valence-electron chi connectivity index (χ0n) is 20.7. The van der Waals surface area contributed by atoms with Crippen LogP contribution in [0.1, 0.15) is 36.7 Å². The molecule has 2 aromatic rings. The van der Waals surface area contributed by atoms with Crippen LogP contribution < -0.4 is 5.32 Å². The standard InChI is InChI=1S/C25H26F3N3O7/c1-24(2,3)38-22(35)29-18-8-7-15(14-5-4-6-16(11-14)25(26,27)28)12-17(18)20(32)31-10-9-30(23(36)37)13-19(31)21(33)34/h4-8,11-12,19H,9-10,13H2,1-3H3,(H,29,35)(H,33,34)(H,36,37)/t19-/m0/s1. The molecule has 3 rings (SSSR count). The number of nitrogens with zero attached hydrogens (tertiary/aromatic N) is 2. The first kappa shape index (κ1) is 28.3. The van der Waals surface area contributed by atoms with E-state index in [0.717, 1.165) is 21.9 Å². The minimum atomic E-state index is -4.61. The second-order valence-electron chi connectivity index (χ2n) is 9.55. The summed E-state index contributed by atoms with van der Waals surface area (Å²) in [6, 6.07) is 6.82. The largest absolute Gasteiger partial charge is 0.480 e. The van der Waals surface area contributed by atoms with Gasteiger partial charge in [-0.2, -0.15) is 13.2 Å². The van der Waals surface area contributed by atoms with Crippen molar-refractivity contribution in [3.8, 4) is 11.1 Å². The van der Waals surface area contributed by atoms with Crippen molar-refractivity contribution in [2.75, 3.05) is 25.0 Å². The zero-order chi connectivity index (χ0) is 28.4. The Labute approximate surface area is 215 Å². The second-order valence-corrected chi connectivity index (χ2v) is 9.55. The number of hydrogen-bond donors (Lipinski definition) is 3. The van der Waals surface area contributed by atoms with Gasteiger partial charge in [-0.25, -0.2) is 14.4 Å². The van der Waals surface area contributed by atoms with Crippen molar-refractivity contribution in [1.29, 1.82) is 0 Å². The van der Waals surface area contributed by atoms with Crippen molar-refractivity contribution in [1.82, 2.24) is 9.80 Å². The quantitative estimate of drug-likeness (QED) is 0.518. The monoisotopic (exact) mass is 537 g/mol. The highest BCUT2D eigenvalue weighted by atomic mass is 19.4. The molecular formula is C25H26F3N3O7. The maximum Gasteiger partial charge on any atom is 0.416 e. The molecular weight excluding hydrogens is 511 g/mol. The maximum absolute atomic E-state index is 13.6. The summed E-state index contributed by atoms with van der Waals surface area (Å²) in [4.78, 5) is 51.1. The number of hydrogen-bond acceptors (Lipinski definition) is 5. The van der Waals surface area contributed by atoms with Gasteiger partial charge in [0.2, 0.25) is 0 Å². The van der Waals surface area contributed by atoms with Gasteiger partial charge in [0.05, 0.1) is 23.4 Å². The van der Waals surface area contributed by atoms with Gasteiger partial charge in [0.1, 0.15) is 11.6 Å². The van der Waals surface area contributed by atoms with E-state index in [2.05, 4.69) is 5.32 Å². The fourth-order valence-electron chi connectivity index (χ4n) is 3.86. The van der Waals surface area contributed by atoms with E-state index in [-0.39, 0.29) is 35.5 Å². The zero-order valence-corrected chi connectivity index (χ0v) is 20.7. The molecule has 1 heterocycles. The van der Waals surface area contributed by atoms with Gasteiger partial charge < -0.3 is 24.7 Å². The summed E-state index contributed by atoms with van der Waals surface area (Å²) < 4.78 is 45.0. The summed E-state index contributed by atoms with van der Waals surface area (Å²) in [5, 5.41) is 21.4. The Bertz CT molecular complexity index is 1260. The third kappa shape index (κ3) is 6.72. The first-order valence-electron chi connectivity index (χ1n) is 11.4. The van der Waals surface area contributed by atoms with Crippen molar-refractivity contribution >= 4 is 29.8 Å². The number of aliphatic carboxylic acids is 1. The number of benzene rings is 2. The fourth-order valence-corrected chi connectivity index (χ4v) is 3.86. The Morgan fingerprint density at radius 3 is 2.21 bits per heavy atom. The number of carboxylic acid groups (broad SMARTS) is 2. The number of carbonyl (C=O) groups excluding carboxylic acids is 2. The average molecular weight is 537 g/mol. The molecule has 0 aromatic heterocycles. The van der Waals surface area contributed by atoms with Crippen molar-refractivity contribution in [3.05, 3.63) is 53.6 Å². The molecule has 1 fully saturated rings. The Balaban J connectivity index is 2.06. The number of carboxylic acids is 1. The van der Waals surface area contributed by atoms with E-state index >= 15 is 0 Å². The third-order valence-corrected chi connectivity index (χ3v) is 5.61. The van der Waals surface area contributed by atoms with Crippen LogP contribution in [0, 0.1) is 0 Å². The van der Waals surface area contributed by atoms with Gasteiger partial charge in [0, 0.05) is 13.1 Å². The van der Waals surface area contributed by atoms with Crippen LogP contribution in [-0.2, 0) is 15.7 Å². The molecule has 0 unspecified atom stereocenters. The average Bonchev–Trinajstić information content (AvgIpc) is 2.81. The summed E-state index contributed by atoms with van der Waals surface area (Å²) in [5.41, 5.74) is -1.73. The van der Waals surface area contributed by atoms with Gasteiger partial charge in [-0.05, 0) is 56.2 Å². The molecule has 3 N–H and O–H groups in total. The topological polar surface area (TPSA) is 136 Å². The highest BCUT2D eigenvalue weighted by molar-refractivity contribution is 6.05. The van der Waals surface area contributed by atoms with Gasteiger partial charge in [-0.3, -0.25) is 10.1 Å². The van der Waals surface area contributed by atoms with Crippen molar-refractivity contribution in [2.45, 2.75) is 38.6 Å². The van der Waals surface area contributed by atoms with Crippen LogP contribution >= 0.6 is 0 Å². The van der Waals surface area contributed by atoms with Gasteiger partial charge in [-0.1, -0.05) is 18.2 Å². The molecule has 1 saturated heterocycles. The number of amides is 3. The molecule has 3 amide bonds. The van der Waals surface area contributed by atoms with Gasteiger partial charge in [-0.15, -0.1) is 0 Å². The molecule has 0 saturated carbocycles. The van der Waals surface area contributed by atoms with Crippen molar-refractivity contribution in [2.24, 2.45) is 0 Å². The summed E-state index contributed by atoms with van der Waals surface area (Å²) in [6.07, 6.45) is -6.86. The van der Waals surface area contributed by atoms with Crippen LogP contribution in [0.5, 0.6) is 0 Å². The van der Waals surface area contributed by atoms with Crippen LogP contribution in [0.25, 0.3) is 11.1 Å². The predicted octanol–water partition coefficient (Wildman–Crippen LogP) is 4.61. The minimum Gasteiger partial charge on any atom is -0.480 e. The lowest BCUT2D eigenvalue weighted by atomic mass is 9.98. The van der Waals surface area contributed by atoms with Crippen LogP contribution in [0.2, 0.25) is 0 Å². The van der Waals surface area contributed by atoms with Crippen LogP contribution in [0.15, 0.2) is 42.5 Å². The van der Waals surface area contributed by atoms with Crippen molar-refractivity contribution in [3.63, 3.8) is 0 Å². The highest BCUT2D eigenvalue weighted by Crippen LogP contribution is 2.34. The predicted molar refractivity (Wildman–Crippen MR) is 129 cm³/mol. The van der Waals surface area contributed by atoms with Crippen molar-refractivity contribution < 1.29 is 47.3 Å². The number of piperazine rings is 1. The molecule has 13 heteroatoms. The summed E-state index contributed by atoms with van der Waals surface area (Å²) >= 11 is 0. The van der Waals surface area contributed by atoms with E-state index in [1.165, 1.54) is 30.3 Å². The minimum absolute atomic E-state index is 0.0650. The molecule has 0 radical (unpaired) electrons. The molecule has 10 nitrogen and oxygen atoms in total. The number of halogens is 3. The summed E-state index contributed by atoms with van der Waals surface area (Å²) in [7, 11) is 0. The lowest BCUT2D eigenvalue weighted by molar-refractivity contribution is -0.144. The molecule has 38 heavy (non-hydrogen) atoms. The smallest absolute Gasteiger partial charge is 0.416 e. The molecule has 204 valence electrons. The van der Waals surface area contributed by atoms with E-state index in [1.807, 2.05) is 0 Å². The molecule has 1 aliphatic rings. The van der Waals surface area contributed by atoms with Crippen LogP contribution in [-0.4, -0.2) is 75.4 Å². The fraction of sp³-hybridized carbons (Fsp3) is 0.360. The van der Waals surface area contributed by atoms with Gasteiger partial charge >= 0.3 is 24.3 Å². The normalized spacial score (nSPS) is 16.1. The van der Waals surface area contributed by atoms with E-state index in [0.29, 0.717) is 0 Å². The summed E-state index contributed by atoms with van der Waals surface area (Å²) in [5.74, 6) is -2.30. The molecule has 0 spiro atoms. The van der Waals surface area contributed by atoms with Gasteiger partial charge in [0.25, 0.3) is 5.91 Å². The first-order chi connectivity index (χ1) is 17.6. The van der Waals surface area contributed by atoms with Crippen LogP contribution in [0.3, 0.4) is 0 Å². The Hall–Kier alpha value is -4.29. The Kier molecular flexibility index (Phi) is 7.89. The molecule has 1 atom stereocenters. The Morgan fingerprint density at radius 1 is 0.974 bits per heavy atom. The highest BCUT2D eigenvalue weighted by Gasteiger charge is 2.38. The molecule has 2 aromatic carbocycles. The number of rotatable bonds is 4. The SMILES string of the molecule is CC(C)(C)OC(=O)Nc1ccc(-c2cccc(C(F)(F)F)c2)cc1C(=O)N1CCN(C(=O)O)C[C@H]1C(=O)O. The van der Waals surface area contributed by atoms with E-state index < -0.39 is 54.0 Å². The first-order valence-corrected chi connectivity index (χ1v) is 11.4. The molecule has 0 bridgehead atoms. The van der Waals surface area contributed by atoms with Gasteiger partial charge in [0.15, 0.2) is 0 Å². The molecule has 0 aliphatic carbocycles. The lowest BCUT2D eigenvalue weighted by Crippen LogP contribution is -2.59. The lowest BCUT2D eigenvalue weighted by Gasteiger charge is -2.38. The number of nitrogens with one attached hydrogen (secondary N) is 1. The second kappa shape index (κ2) is 10.6. The number of carbonyl (C=O) groups is 4. The summed E-state index contributed by atoms with van der Waals surface area (Å²) in [6.45, 7) is 3.95. The maximum atomic E-state index is 13.6. The Morgan fingerprint density at radius 2 is 1.63 bits per heavy atom. The number of alkyl halides is 3. The van der Waals surface area contributed by atoms with E-state index in [4.69, 9.17) is 4.74 Å². The van der Waals surface area contributed by atoms with Crippen LogP contribution in [0.4, 0.5) is 28.4 Å². The third-order valence-electron chi connectivity index (χ3n) is 5.61. The van der Waals surface area contributed by atoms with E-state index in [9.17, 15) is 42.6 Å². The molecule has 1 aliphatic heterocycles. The van der Waals surface area contributed by atoms with E-state index in [1.54, 1.807) is 20.8 Å². The number of ether oxygens (including phenoxy) is 1.